The lowest BCUT2D eigenvalue weighted by Gasteiger charge is -2.15. The van der Waals surface area contributed by atoms with Gasteiger partial charge in [0.2, 0.25) is 0 Å². The molecule has 1 heteroatoms. The number of aryl methyl sites for hydroxylation is 1. The lowest BCUT2D eigenvalue weighted by molar-refractivity contribution is 0.380. The van der Waals surface area contributed by atoms with Crippen LogP contribution in [0.15, 0.2) is 24.3 Å². The first kappa shape index (κ1) is 9.72. The Hall–Kier alpha value is -0.820. The molecule has 0 amide bonds. The van der Waals surface area contributed by atoms with E-state index in [2.05, 4.69) is 43.3 Å². The van der Waals surface area contributed by atoms with E-state index in [1.807, 2.05) is 0 Å². The highest BCUT2D eigenvalue weighted by atomic mass is 15.0. The normalized spacial score (nSPS) is 20.1. The molecule has 0 saturated carbocycles. The molecule has 1 aromatic carbocycles. The van der Waals surface area contributed by atoms with Gasteiger partial charge in [-0.3, -0.25) is 0 Å². The zero-order valence-electron chi connectivity index (χ0n) is 9.16. The summed E-state index contributed by atoms with van der Waals surface area (Å²) in [6, 6.07) is 8.92. The maximum absolute atomic E-state index is 2.31. The Bertz CT molecular complexity index is 304. The van der Waals surface area contributed by atoms with Crippen molar-refractivity contribution in [3.05, 3.63) is 35.4 Å². The summed E-state index contributed by atoms with van der Waals surface area (Å²) >= 11 is 0. The Balaban J connectivity index is 2.03. The van der Waals surface area contributed by atoms with Crippen LogP contribution in [-0.4, -0.2) is 25.5 Å². The van der Waals surface area contributed by atoms with E-state index >= 15 is 0 Å². The fourth-order valence-corrected chi connectivity index (χ4v) is 2.36. The first-order valence-corrected chi connectivity index (χ1v) is 5.50. The Kier molecular flexibility index (Phi) is 2.87. The van der Waals surface area contributed by atoms with Crippen LogP contribution in [0.1, 0.15) is 29.9 Å². The van der Waals surface area contributed by atoms with Crippen LogP contribution in [-0.2, 0) is 6.42 Å². The largest absolute Gasteiger partial charge is 0.309 e. The van der Waals surface area contributed by atoms with Crippen molar-refractivity contribution < 1.29 is 0 Å². The lowest BCUT2D eigenvalue weighted by Crippen LogP contribution is -2.15. The minimum atomic E-state index is 0.814. The van der Waals surface area contributed by atoms with E-state index in [4.69, 9.17) is 0 Å². The molecule has 1 aromatic rings. The molecule has 1 aliphatic rings. The molecule has 1 nitrogen and oxygen atoms in total. The number of benzene rings is 1. The van der Waals surface area contributed by atoms with Crippen LogP contribution < -0.4 is 0 Å². The minimum absolute atomic E-state index is 0.814. The van der Waals surface area contributed by atoms with Crippen LogP contribution in [0.2, 0.25) is 0 Å². The Morgan fingerprint density at radius 2 is 2.07 bits per heavy atom. The highest BCUT2D eigenvalue weighted by molar-refractivity contribution is 5.34. The summed E-state index contributed by atoms with van der Waals surface area (Å²) in [5, 5.41) is 0. The third kappa shape index (κ3) is 1.98. The third-order valence-electron chi connectivity index (χ3n) is 3.18. The fraction of sp³-hybridized carbons (Fsp3) is 0.538. The number of fused-ring (bicyclic) bond motifs is 1. The highest BCUT2D eigenvalue weighted by Gasteiger charge is 2.21. The Morgan fingerprint density at radius 3 is 2.86 bits per heavy atom. The zero-order valence-corrected chi connectivity index (χ0v) is 9.16. The second-order valence-corrected chi connectivity index (χ2v) is 4.53. The Labute approximate surface area is 86.7 Å². The zero-order chi connectivity index (χ0) is 9.97. The first-order chi connectivity index (χ1) is 6.77. The summed E-state index contributed by atoms with van der Waals surface area (Å²) in [4.78, 5) is 2.28. The summed E-state index contributed by atoms with van der Waals surface area (Å²) < 4.78 is 0. The molecule has 76 valence electrons. The molecule has 0 radical (unpaired) electrons. The topological polar surface area (TPSA) is 3.24 Å². The average Bonchev–Trinajstić information content (AvgIpc) is 2.58. The first-order valence-electron chi connectivity index (χ1n) is 5.50. The van der Waals surface area contributed by atoms with Gasteiger partial charge in [-0.15, -0.1) is 0 Å². The molecule has 0 aromatic heterocycles. The predicted molar refractivity (Wildman–Crippen MR) is 60.7 cm³/mol. The smallest absolute Gasteiger partial charge is 0.00190 e. The van der Waals surface area contributed by atoms with E-state index < -0.39 is 0 Å². The van der Waals surface area contributed by atoms with Crippen molar-refractivity contribution in [1.82, 2.24) is 4.90 Å². The molecular weight excluding hydrogens is 170 g/mol. The van der Waals surface area contributed by atoms with Gasteiger partial charge in [0.25, 0.3) is 0 Å². The molecule has 0 spiro atoms. The van der Waals surface area contributed by atoms with Gasteiger partial charge in [0, 0.05) is 0 Å². The molecule has 14 heavy (non-hydrogen) atoms. The molecule has 0 bridgehead atoms. The second kappa shape index (κ2) is 4.14. The molecule has 0 unspecified atom stereocenters. The van der Waals surface area contributed by atoms with Crippen molar-refractivity contribution in [3.8, 4) is 0 Å². The number of nitrogens with zero attached hydrogens (tertiary/aromatic N) is 1. The van der Waals surface area contributed by atoms with Gasteiger partial charge in [-0.25, -0.2) is 0 Å². The number of rotatable bonds is 3. The monoisotopic (exact) mass is 189 g/mol. The molecule has 0 fully saturated rings. The van der Waals surface area contributed by atoms with Gasteiger partial charge in [0.1, 0.15) is 0 Å². The number of hydrogen-bond acceptors (Lipinski definition) is 1. The fourth-order valence-electron chi connectivity index (χ4n) is 2.36. The summed E-state index contributed by atoms with van der Waals surface area (Å²) in [5.41, 5.74) is 3.19. The molecule has 0 saturated heterocycles. The van der Waals surface area contributed by atoms with Crippen LogP contribution in [0, 0.1) is 0 Å². The molecule has 0 N–H and O–H groups in total. The summed E-state index contributed by atoms with van der Waals surface area (Å²) in [6.07, 6.45) is 3.95. The van der Waals surface area contributed by atoms with Gasteiger partial charge < -0.3 is 4.90 Å². The maximum atomic E-state index is 2.31. The molecule has 2 rings (SSSR count). The second-order valence-electron chi connectivity index (χ2n) is 4.53. The molecule has 1 atom stereocenters. The van der Waals surface area contributed by atoms with Crippen molar-refractivity contribution in [2.75, 3.05) is 20.6 Å². The van der Waals surface area contributed by atoms with Crippen molar-refractivity contribution in [1.29, 1.82) is 0 Å². The van der Waals surface area contributed by atoms with Crippen molar-refractivity contribution in [3.63, 3.8) is 0 Å². The van der Waals surface area contributed by atoms with E-state index in [-0.39, 0.29) is 0 Å². The Morgan fingerprint density at radius 1 is 1.29 bits per heavy atom. The van der Waals surface area contributed by atoms with E-state index in [0.717, 1.165) is 5.92 Å². The summed E-state index contributed by atoms with van der Waals surface area (Å²) in [7, 11) is 4.31. The highest BCUT2D eigenvalue weighted by Crippen LogP contribution is 2.34. The quantitative estimate of drug-likeness (QED) is 0.706. The van der Waals surface area contributed by atoms with Gasteiger partial charge in [0.15, 0.2) is 0 Å². The third-order valence-corrected chi connectivity index (χ3v) is 3.18. The summed E-state index contributed by atoms with van der Waals surface area (Å²) in [6.45, 7) is 1.21. The van der Waals surface area contributed by atoms with E-state index in [1.165, 1.54) is 25.8 Å². The number of hydrogen-bond donors (Lipinski definition) is 0. The molecule has 0 aliphatic heterocycles. The van der Waals surface area contributed by atoms with Crippen LogP contribution in [0.5, 0.6) is 0 Å². The summed E-state index contributed by atoms with van der Waals surface area (Å²) in [5.74, 6) is 0.814. The van der Waals surface area contributed by atoms with Gasteiger partial charge in [0.05, 0.1) is 0 Å². The predicted octanol–water partition coefficient (Wildman–Crippen LogP) is 2.67. The van der Waals surface area contributed by atoms with E-state index in [1.54, 1.807) is 11.1 Å². The molecule has 0 heterocycles. The van der Waals surface area contributed by atoms with Crippen LogP contribution in [0.4, 0.5) is 0 Å². The average molecular weight is 189 g/mol. The molecular formula is C13H19N. The minimum Gasteiger partial charge on any atom is -0.309 e. The maximum Gasteiger partial charge on any atom is -0.00190 e. The van der Waals surface area contributed by atoms with Crippen molar-refractivity contribution >= 4 is 0 Å². The van der Waals surface area contributed by atoms with Crippen LogP contribution >= 0.6 is 0 Å². The van der Waals surface area contributed by atoms with E-state index in [0.29, 0.717) is 0 Å². The standard InChI is InChI=1S/C13H19N/c1-14(2)10-9-12-8-7-11-5-3-4-6-13(11)12/h3-6,12H,7-10H2,1-2H3/t12-/m0/s1. The lowest BCUT2D eigenvalue weighted by atomic mass is 9.98. The van der Waals surface area contributed by atoms with Crippen molar-refractivity contribution in [2.24, 2.45) is 0 Å². The SMILES string of the molecule is CN(C)CC[C@@H]1CCc2ccccc21. The van der Waals surface area contributed by atoms with Crippen molar-refractivity contribution in [2.45, 2.75) is 25.2 Å². The van der Waals surface area contributed by atoms with Gasteiger partial charge >= 0.3 is 0 Å². The van der Waals surface area contributed by atoms with Gasteiger partial charge in [-0.1, -0.05) is 24.3 Å². The van der Waals surface area contributed by atoms with Gasteiger partial charge in [-0.05, 0) is 56.9 Å². The molecule has 1 aliphatic carbocycles. The van der Waals surface area contributed by atoms with Crippen LogP contribution in [0.25, 0.3) is 0 Å². The van der Waals surface area contributed by atoms with E-state index in [9.17, 15) is 0 Å². The van der Waals surface area contributed by atoms with Crippen LogP contribution in [0.3, 0.4) is 0 Å². The van der Waals surface area contributed by atoms with Gasteiger partial charge in [-0.2, -0.15) is 0 Å².